The number of benzene rings is 1. The number of hydrogen-bond acceptors (Lipinski definition) is 5. The number of hydroxylamine groups is 1. The highest BCUT2D eigenvalue weighted by Gasteiger charge is 2.08. The Morgan fingerprint density at radius 2 is 2.15 bits per heavy atom. The van der Waals surface area contributed by atoms with Gasteiger partial charge in [0, 0.05) is 24.4 Å². The first-order chi connectivity index (χ1) is 9.76. The predicted molar refractivity (Wildman–Crippen MR) is 70.2 cm³/mol. The molecule has 3 rings (SSSR count). The van der Waals surface area contributed by atoms with Gasteiger partial charge in [0.05, 0.1) is 0 Å². The van der Waals surface area contributed by atoms with E-state index in [9.17, 15) is 4.79 Å². The number of aromatic amines is 1. The third-order valence-corrected chi connectivity index (χ3v) is 2.84. The van der Waals surface area contributed by atoms with Crippen LogP contribution in [0.1, 0.15) is 21.7 Å². The van der Waals surface area contributed by atoms with Crippen molar-refractivity contribution in [1.29, 1.82) is 0 Å². The summed E-state index contributed by atoms with van der Waals surface area (Å²) in [5.74, 6) is 0.174. The third-order valence-electron chi connectivity index (χ3n) is 2.84. The molecule has 0 saturated heterocycles. The van der Waals surface area contributed by atoms with E-state index in [-0.39, 0.29) is 0 Å². The van der Waals surface area contributed by atoms with E-state index in [4.69, 9.17) is 5.21 Å². The van der Waals surface area contributed by atoms with Crippen LogP contribution in [0.3, 0.4) is 0 Å². The summed E-state index contributed by atoms with van der Waals surface area (Å²) in [5, 5.41) is 8.63. The maximum atomic E-state index is 11.4. The van der Waals surface area contributed by atoms with Gasteiger partial charge in [0.25, 0.3) is 5.91 Å². The van der Waals surface area contributed by atoms with E-state index in [2.05, 4.69) is 19.9 Å². The Labute approximate surface area is 113 Å². The first-order valence-electron chi connectivity index (χ1n) is 5.95. The molecular formula is C13H11N5O2. The molecule has 7 heteroatoms. The van der Waals surface area contributed by atoms with Crippen molar-refractivity contribution < 1.29 is 10.0 Å². The van der Waals surface area contributed by atoms with Crippen LogP contribution in [0.2, 0.25) is 0 Å². The van der Waals surface area contributed by atoms with E-state index >= 15 is 0 Å². The van der Waals surface area contributed by atoms with Crippen LogP contribution in [-0.2, 0) is 6.42 Å². The molecule has 0 atom stereocenters. The van der Waals surface area contributed by atoms with Crippen molar-refractivity contribution in [3.63, 3.8) is 0 Å². The molecule has 1 amide bonds. The fourth-order valence-electron chi connectivity index (χ4n) is 1.96. The molecule has 2 aromatic heterocycles. The van der Waals surface area contributed by atoms with Crippen molar-refractivity contribution in [3.05, 3.63) is 53.6 Å². The first kappa shape index (κ1) is 12.2. The Kier molecular flexibility index (Phi) is 3.10. The Morgan fingerprint density at radius 1 is 1.30 bits per heavy atom. The van der Waals surface area contributed by atoms with E-state index in [1.807, 2.05) is 6.07 Å². The van der Waals surface area contributed by atoms with E-state index in [1.165, 1.54) is 0 Å². The normalized spacial score (nSPS) is 10.7. The highest BCUT2D eigenvalue weighted by Crippen LogP contribution is 2.12. The molecule has 0 spiro atoms. The lowest BCUT2D eigenvalue weighted by Gasteiger charge is -2.02. The number of amides is 1. The van der Waals surface area contributed by atoms with Gasteiger partial charge < -0.3 is 4.98 Å². The van der Waals surface area contributed by atoms with Crippen molar-refractivity contribution in [2.75, 3.05) is 0 Å². The van der Waals surface area contributed by atoms with Gasteiger partial charge in [0.1, 0.15) is 5.82 Å². The lowest BCUT2D eigenvalue weighted by molar-refractivity contribution is 0.0706. The Hall–Kier alpha value is -2.80. The first-order valence-corrected chi connectivity index (χ1v) is 5.95. The summed E-state index contributed by atoms with van der Waals surface area (Å²) in [4.78, 5) is 27.0. The molecule has 2 heterocycles. The standard InChI is InChI=1S/C13H11N5O2/c19-13(18-20)9-3-1-2-8(6-9)7-10-16-11-12(17-10)15-5-4-14-11/h1-6,20H,7H2,(H,18,19)(H,14,15,16,17). The van der Waals surface area contributed by atoms with E-state index in [1.54, 1.807) is 36.1 Å². The zero-order valence-corrected chi connectivity index (χ0v) is 10.4. The summed E-state index contributed by atoms with van der Waals surface area (Å²) < 4.78 is 0. The lowest BCUT2D eigenvalue weighted by Crippen LogP contribution is -2.18. The molecule has 20 heavy (non-hydrogen) atoms. The quantitative estimate of drug-likeness (QED) is 0.487. The number of H-pyrrole nitrogens is 1. The number of nitrogens with zero attached hydrogens (tertiary/aromatic N) is 3. The van der Waals surface area contributed by atoms with Crippen LogP contribution < -0.4 is 5.48 Å². The maximum absolute atomic E-state index is 11.4. The van der Waals surface area contributed by atoms with E-state index < -0.39 is 5.91 Å². The molecule has 0 radical (unpaired) electrons. The molecule has 0 aliphatic carbocycles. The van der Waals surface area contributed by atoms with Gasteiger partial charge in [-0.15, -0.1) is 0 Å². The number of hydrogen-bond donors (Lipinski definition) is 3. The number of rotatable bonds is 3. The van der Waals surface area contributed by atoms with E-state index in [0.717, 1.165) is 5.56 Å². The number of aromatic nitrogens is 4. The van der Waals surface area contributed by atoms with Crippen LogP contribution in [0.4, 0.5) is 0 Å². The Bertz CT molecular complexity index is 735. The van der Waals surface area contributed by atoms with Crippen LogP contribution in [0.25, 0.3) is 11.3 Å². The minimum Gasteiger partial charge on any atom is -0.325 e. The SMILES string of the molecule is O=C(NO)c1cccc(Cc2nc3nccnc3[nH]2)c1. The minimum atomic E-state index is -0.542. The van der Waals surface area contributed by atoms with Gasteiger partial charge in [0.15, 0.2) is 11.3 Å². The van der Waals surface area contributed by atoms with Crippen LogP contribution >= 0.6 is 0 Å². The maximum Gasteiger partial charge on any atom is 0.274 e. The molecule has 0 saturated carbocycles. The average Bonchev–Trinajstić information content (AvgIpc) is 2.88. The molecule has 0 bridgehead atoms. The van der Waals surface area contributed by atoms with Gasteiger partial charge in [0.2, 0.25) is 0 Å². The number of imidazole rings is 1. The van der Waals surface area contributed by atoms with Crippen LogP contribution in [0.5, 0.6) is 0 Å². The second-order valence-corrected chi connectivity index (χ2v) is 4.23. The number of fused-ring (bicyclic) bond motifs is 1. The molecule has 3 aromatic rings. The monoisotopic (exact) mass is 269 g/mol. The summed E-state index contributed by atoms with van der Waals surface area (Å²) in [5.41, 5.74) is 4.08. The van der Waals surface area contributed by atoms with Gasteiger partial charge >= 0.3 is 0 Å². The highest BCUT2D eigenvalue weighted by atomic mass is 16.5. The van der Waals surface area contributed by atoms with Crippen molar-refractivity contribution in [1.82, 2.24) is 25.4 Å². The summed E-state index contributed by atoms with van der Waals surface area (Å²) >= 11 is 0. The van der Waals surface area contributed by atoms with Crippen LogP contribution in [-0.4, -0.2) is 31.1 Å². The summed E-state index contributed by atoms with van der Waals surface area (Å²) in [6.07, 6.45) is 3.69. The molecule has 3 N–H and O–H groups in total. The van der Waals surface area contributed by atoms with Gasteiger partial charge in [-0.2, -0.15) is 0 Å². The molecule has 7 nitrogen and oxygen atoms in total. The summed E-state index contributed by atoms with van der Waals surface area (Å²) in [6, 6.07) is 6.94. The van der Waals surface area contributed by atoms with Crippen molar-refractivity contribution in [2.45, 2.75) is 6.42 Å². The highest BCUT2D eigenvalue weighted by molar-refractivity contribution is 5.93. The second-order valence-electron chi connectivity index (χ2n) is 4.23. The minimum absolute atomic E-state index is 0.386. The predicted octanol–water partition coefficient (Wildman–Crippen LogP) is 1.06. The molecule has 0 aliphatic heterocycles. The number of carbonyl (C=O) groups excluding carboxylic acids is 1. The zero-order chi connectivity index (χ0) is 13.9. The summed E-state index contributed by atoms with van der Waals surface area (Å²) in [7, 11) is 0. The van der Waals surface area contributed by atoms with Crippen molar-refractivity contribution in [2.24, 2.45) is 0 Å². The fourth-order valence-corrected chi connectivity index (χ4v) is 1.96. The largest absolute Gasteiger partial charge is 0.325 e. The topological polar surface area (TPSA) is 104 Å². The van der Waals surface area contributed by atoms with E-state index in [0.29, 0.717) is 29.1 Å². The molecule has 100 valence electrons. The van der Waals surface area contributed by atoms with Crippen molar-refractivity contribution >= 4 is 17.2 Å². The lowest BCUT2D eigenvalue weighted by atomic mass is 10.1. The van der Waals surface area contributed by atoms with Gasteiger partial charge in [-0.05, 0) is 17.7 Å². The van der Waals surface area contributed by atoms with Gasteiger partial charge in [-0.25, -0.2) is 20.4 Å². The molecule has 0 unspecified atom stereocenters. The van der Waals surface area contributed by atoms with Gasteiger partial charge in [-0.3, -0.25) is 10.0 Å². The van der Waals surface area contributed by atoms with Crippen LogP contribution in [0.15, 0.2) is 36.7 Å². The average molecular weight is 269 g/mol. The molecule has 0 aliphatic rings. The second kappa shape index (κ2) is 5.06. The molecule has 0 fully saturated rings. The van der Waals surface area contributed by atoms with Gasteiger partial charge in [-0.1, -0.05) is 12.1 Å². The Morgan fingerprint density at radius 3 is 2.95 bits per heavy atom. The smallest absolute Gasteiger partial charge is 0.274 e. The number of carbonyl (C=O) groups is 1. The van der Waals surface area contributed by atoms with Crippen LogP contribution in [0, 0.1) is 0 Å². The van der Waals surface area contributed by atoms with Crippen molar-refractivity contribution in [3.8, 4) is 0 Å². The third kappa shape index (κ3) is 2.34. The summed E-state index contributed by atoms with van der Waals surface area (Å²) in [6.45, 7) is 0. The Balaban J connectivity index is 1.88. The molecule has 1 aromatic carbocycles. The molecular weight excluding hydrogens is 258 g/mol. The fraction of sp³-hybridized carbons (Fsp3) is 0.0769. The zero-order valence-electron chi connectivity index (χ0n) is 10.4. The number of nitrogens with one attached hydrogen (secondary N) is 2.